The zero-order chi connectivity index (χ0) is 11.3. The van der Waals surface area contributed by atoms with Gasteiger partial charge in [0, 0.05) is 44.5 Å². The first-order valence-electron chi connectivity index (χ1n) is 4.96. The number of aryl methyl sites for hydroxylation is 1. The Balaban J connectivity index is 0.00000108. The van der Waals surface area contributed by atoms with Crippen LogP contribution < -0.4 is 5.43 Å². The van der Waals surface area contributed by atoms with Gasteiger partial charge in [0.05, 0.1) is 5.04 Å². The summed E-state index contributed by atoms with van der Waals surface area (Å²) in [7, 11) is 0. The number of hydrogen-bond donors (Lipinski definition) is 0. The fourth-order valence-corrected chi connectivity index (χ4v) is 2.76. The van der Waals surface area contributed by atoms with Crippen LogP contribution in [0.25, 0.3) is 10.9 Å². The summed E-state index contributed by atoms with van der Waals surface area (Å²) in [5.74, 6) is 0. The zero-order valence-corrected chi connectivity index (χ0v) is 13.2. The summed E-state index contributed by atoms with van der Waals surface area (Å²) in [5, 5.41) is 6.07. The van der Waals surface area contributed by atoms with E-state index < -0.39 is 0 Å². The van der Waals surface area contributed by atoms with E-state index in [-0.39, 0.29) is 38.1 Å². The topological polar surface area (TPSA) is 34.4 Å². The van der Waals surface area contributed by atoms with Gasteiger partial charge in [0.25, 0.3) is 0 Å². The van der Waals surface area contributed by atoms with E-state index in [0.717, 1.165) is 15.5 Å². The molecule has 0 amide bonds. The molecule has 2 heterocycles. The minimum Gasteiger partial charge on any atom is -0.303 e. The van der Waals surface area contributed by atoms with E-state index in [0.29, 0.717) is 10.9 Å². The molecule has 0 saturated carbocycles. The van der Waals surface area contributed by atoms with Crippen LogP contribution in [0.15, 0.2) is 33.1 Å². The largest absolute Gasteiger partial charge is 0.303 e. The van der Waals surface area contributed by atoms with Crippen LogP contribution in [-0.2, 0) is 32.7 Å². The Hall–Kier alpha value is -0.446. The van der Waals surface area contributed by atoms with Crippen LogP contribution >= 0.6 is 11.8 Å². The molecule has 0 bridgehead atoms. The van der Waals surface area contributed by atoms with Crippen molar-refractivity contribution in [2.24, 2.45) is 5.10 Å². The monoisotopic (exact) mass is 318 g/mol. The second-order valence-corrected chi connectivity index (χ2v) is 5.02. The van der Waals surface area contributed by atoms with Crippen LogP contribution in [0.1, 0.15) is 12.5 Å². The molecule has 17 heavy (non-hydrogen) atoms. The normalized spacial score (nSPS) is 13.2. The molecule has 83 valence electrons. The third-order valence-electron chi connectivity index (χ3n) is 2.58. The summed E-state index contributed by atoms with van der Waals surface area (Å²) in [5.41, 5.74) is 1.67. The van der Waals surface area contributed by atoms with Gasteiger partial charge in [-0.2, -0.15) is 23.3 Å². The molecule has 0 N–H and O–H groups in total. The smallest absolute Gasteiger partial charge is 0.138 e. The number of aromatic nitrogens is 1. The van der Waals surface area contributed by atoms with Crippen LogP contribution in [0.2, 0.25) is 0 Å². The second kappa shape index (κ2) is 4.67. The van der Waals surface area contributed by atoms with Crippen molar-refractivity contribution in [1.82, 2.24) is 4.68 Å². The summed E-state index contributed by atoms with van der Waals surface area (Å²) in [4.78, 5) is 13.0. The average molecular weight is 318 g/mol. The standard InChI is InChI=1S/C12H9N2OS.Y/c1-7-6-14-11-9(12(7)15)4-3-5-10(11)16-8(2)13-14;/h4-6H,1-2H3;/q-1;. The van der Waals surface area contributed by atoms with Crippen molar-refractivity contribution in [2.45, 2.75) is 18.7 Å². The number of pyridine rings is 1. The Kier molecular flexibility index (Phi) is 3.57. The number of benzene rings is 1. The van der Waals surface area contributed by atoms with Crippen molar-refractivity contribution < 1.29 is 32.7 Å². The van der Waals surface area contributed by atoms with Gasteiger partial charge in [-0.05, 0) is 19.4 Å². The van der Waals surface area contributed by atoms with Gasteiger partial charge in [-0.1, -0.05) is 10.3 Å². The number of hydrogen-bond acceptors (Lipinski definition) is 3. The summed E-state index contributed by atoms with van der Waals surface area (Å²) in [6.45, 7) is 3.77. The SMILES string of the molecule is CC1=Nn2cc(C)c(=O)c3c[c-]cc(c32)S1.[Y]. The van der Waals surface area contributed by atoms with Gasteiger partial charge < -0.3 is 4.79 Å². The zero-order valence-electron chi connectivity index (χ0n) is 9.52. The molecule has 1 radical (unpaired) electrons. The van der Waals surface area contributed by atoms with Crippen molar-refractivity contribution >= 4 is 27.7 Å². The fourth-order valence-electron chi connectivity index (χ4n) is 1.89. The molecule has 0 fully saturated rings. The van der Waals surface area contributed by atoms with E-state index in [4.69, 9.17) is 0 Å². The molecule has 3 rings (SSSR count). The molecule has 0 spiro atoms. The van der Waals surface area contributed by atoms with E-state index in [1.54, 1.807) is 28.7 Å². The second-order valence-electron chi connectivity index (χ2n) is 3.79. The van der Waals surface area contributed by atoms with E-state index >= 15 is 0 Å². The van der Waals surface area contributed by atoms with Crippen LogP contribution in [-0.4, -0.2) is 9.72 Å². The first-order chi connectivity index (χ1) is 7.66. The van der Waals surface area contributed by atoms with Crippen LogP contribution in [0.5, 0.6) is 0 Å². The predicted molar refractivity (Wildman–Crippen MR) is 66.1 cm³/mol. The maximum Gasteiger partial charge on any atom is 0.138 e. The molecule has 0 unspecified atom stereocenters. The summed E-state index contributed by atoms with van der Waals surface area (Å²) in [6.07, 6.45) is 1.79. The Morgan fingerprint density at radius 1 is 1.35 bits per heavy atom. The third-order valence-corrected chi connectivity index (χ3v) is 3.49. The molecule has 1 aromatic carbocycles. The van der Waals surface area contributed by atoms with Gasteiger partial charge in [0.15, 0.2) is 0 Å². The minimum atomic E-state index is 0. The van der Waals surface area contributed by atoms with Crippen molar-refractivity contribution in [3.05, 3.63) is 40.2 Å². The van der Waals surface area contributed by atoms with Gasteiger partial charge in [0.2, 0.25) is 0 Å². The number of nitrogens with zero attached hydrogens (tertiary/aromatic N) is 2. The fraction of sp³-hybridized carbons (Fsp3) is 0.167. The van der Waals surface area contributed by atoms with Gasteiger partial charge >= 0.3 is 0 Å². The Morgan fingerprint density at radius 3 is 2.88 bits per heavy atom. The number of thioether (sulfide) groups is 1. The molecule has 5 heteroatoms. The molecule has 0 aliphatic carbocycles. The van der Waals surface area contributed by atoms with Crippen molar-refractivity contribution in [3.8, 4) is 0 Å². The maximum atomic E-state index is 12.0. The van der Waals surface area contributed by atoms with Crippen molar-refractivity contribution in [2.75, 3.05) is 0 Å². The average Bonchev–Trinajstić information content (AvgIpc) is 2.25. The molecule has 2 aromatic rings. The Bertz CT molecular complexity index is 691. The Labute approximate surface area is 128 Å². The van der Waals surface area contributed by atoms with Gasteiger partial charge in [-0.3, -0.25) is 4.68 Å². The number of rotatable bonds is 0. The van der Waals surface area contributed by atoms with Crippen LogP contribution in [0.3, 0.4) is 0 Å². The van der Waals surface area contributed by atoms with Gasteiger partial charge in [-0.15, -0.1) is 11.8 Å². The first-order valence-corrected chi connectivity index (χ1v) is 5.78. The van der Waals surface area contributed by atoms with E-state index in [1.165, 1.54) is 0 Å². The minimum absolute atomic E-state index is 0. The molecule has 1 aromatic heterocycles. The summed E-state index contributed by atoms with van der Waals surface area (Å²) in [6, 6.07) is 6.65. The van der Waals surface area contributed by atoms with Crippen LogP contribution in [0.4, 0.5) is 0 Å². The molecular weight excluding hydrogens is 309 g/mol. The molecule has 1 aliphatic rings. The summed E-state index contributed by atoms with van der Waals surface area (Å²) < 4.78 is 1.79. The first kappa shape index (κ1) is 13.0. The van der Waals surface area contributed by atoms with Crippen molar-refractivity contribution in [1.29, 1.82) is 0 Å². The maximum absolute atomic E-state index is 12.0. The van der Waals surface area contributed by atoms with E-state index in [9.17, 15) is 4.79 Å². The Morgan fingerprint density at radius 2 is 2.12 bits per heavy atom. The quantitative estimate of drug-likeness (QED) is 0.699. The molecule has 0 atom stereocenters. The van der Waals surface area contributed by atoms with Gasteiger partial charge in [-0.25, -0.2) is 0 Å². The van der Waals surface area contributed by atoms with Crippen molar-refractivity contribution in [3.63, 3.8) is 0 Å². The third kappa shape index (κ3) is 2.03. The van der Waals surface area contributed by atoms with Crippen LogP contribution in [0, 0.1) is 13.0 Å². The molecule has 1 aliphatic heterocycles. The molecule has 0 saturated heterocycles. The molecule has 3 nitrogen and oxygen atoms in total. The summed E-state index contributed by atoms with van der Waals surface area (Å²) >= 11 is 1.58. The van der Waals surface area contributed by atoms with E-state index in [2.05, 4.69) is 11.2 Å². The molecular formula is C12H9N2OSY-. The van der Waals surface area contributed by atoms with E-state index in [1.807, 2.05) is 19.9 Å². The van der Waals surface area contributed by atoms with Gasteiger partial charge in [0.1, 0.15) is 5.43 Å². The predicted octanol–water partition coefficient (Wildman–Crippen LogP) is 2.39.